The largest absolute Gasteiger partial charge is 0.406 e. The van der Waals surface area contributed by atoms with Gasteiger partial charge in [0.25, 0.3) is 0 Å². The molecule has 0 unspecified atom stereocenters. The minimum Gasteiger partial charge on any atom is -0.383 e. The number of nitrogen functional groups attached to an aromatic ring is 1. The third-order valence-corrected chi connectivity index (χ3v) is 2.95. The van der Waals surface area contributed by atoms with Crippen LogP contribution in [0.25, 0.3) is 11.0 Å². The maximum absolute atomic E-state index is 12.6. The number of anilines is 1. The van der Waals surface area contributed by atoms with Gasteiger partial charge in [-0.3, -0.25) is 0 Å². The molecule has 4 nitrogen and oxygen atoms in total. The molecule has 0 radical (unpaired) electrons. The van der Waals surface area contributed by atoms with Crippen LogP contribution in [0.2, 0.25) is 0 Å². The molecule has 0 amide bonds. The van der Waals surface area contributed by atoms with Crippen LogP contribution in [0.1, 0.15) is 17.1 Å². The first-order chi connectivity index (χ1) is 8.20. The molecule has 98 valence electrons. The Morgan fingerprint density at radius 2 is 1.78 bits per heavy atom. The van der Waals surface area contributed by atoms with E-state index in [1.54, 1.807) is 20.8 Å². The number of halogens is 3. The minimum absolute atomic E-state index is 0.221. The van der Waals surface area contributed by atoms with Gasteiger partial charge in [0.15, 0.2) is 0 Å². The van der Waals surface area contributed by atoms with Gasteiger partial charge < -0.3 is 10.3 Å². The fourth-order valence-electron chi connectivity index (χ4n) is 2.05. The number of hydrogen-bond acceptors (Lipinski definition) is 3. The molecule has 0 aliphatic heterocycles. The number of aromatic nitrogens is 3. The summed E-state index contributed by atoms with van der Waals surface area (Å²) in [6, 6.07) is 0. The molecule has 0 aromatic carbocycles. The fourth-order valence-corrected chi connectivity index (χ4v) is 2.05. The molecule has 7 heteroatoms. The van der Waals surface area contributed by atoms with Crippen molar-refractivity contribution < 1.29 is 13.2 Å². The van der Waals surface area contributed by atoms with Gasteiger partial charge in [-0.05, 0) is 26.3 Å². The molecule has 0 fully saturated rings. The number of aryl methyl sites for hydroxylation is 2. The standard InChI is InChI=1S/C11H13F3N4/c1-5-6(2)18(4-11(12,13)14)10-8(5)9(15)16-7(3)17-10/h4H2,1-3H3,(H2,15,16,17). The van der Waals surface area contributed by atoms with Gasteiger partial charge in [0.05, 0.1) is 5.39 Å². The maximum atomic E-state index is 12.6. The van der Waals surface area contributed by atoms with Gasteiger partial charge in [0, 0.05) is 5.69 Å². The fraction of sp³-hybridized carbons (Fsp3) is 0.455. The first-order valence-electron chi connectivity index (χ1n) is 5.37. The summed E-state index contributed by atoms with van der Waals surface area (Å²) in [7, 11) is 0. The minimum atomic E-state index is -4.29. The third kappa shape index (κ3) is 2.00. The average Bonchev–Trinajstić information content (AvgIpc) is 2.41. The van der Waals surface area contributed by atoms with Crippen molar-refractivity contribution in [2.24, 2.45) is 0 Å². The Morgan fingerprint density at radius 3 is 2.33 bits per heavy atom. The molecular formula is C11H13F3N4. The maximum Gasteiger partial charge on any atom is 0.406 e. The molecule has 2 heterocycles. The quantitative estimate of drug-likeness (QED) is 0.855. The number of nitrogens with zero attached hydrogens (tertiary/aromatic N) is 3. The van der Waals surface area contributed by atoms with Crippen molar-refractivity contribution >= 4 is 16.9 Å². The first kappa shape index (κ1) is 12.7. The lowest BCUT2D eigenvalue weighted by Crippen LogP contribution is -2.19. The van der Waals surface area contributed by atoms with Crippen LogP contribution in [-0.2, 0) is 6.54 Å². The highest BCUT2D eigenvalue weighted by Gasteiger charge is 2.30. The Bertz CT molecular complexity index is 613. The summed E-state index contributed by atoms with van der Waals surface area (Å²) in [4.78, 5) is 8.06. The van der Waals surface area contributed by atoms with Gasteiger partial charge >= 0.3 is 6.18 Å². The summed E-state index contributed by atoms with van der Waals surface area (Å²) in [5.74, 6) is 0.583. The molecular weight excluding hydrogens is 245 g/mol. The van der Waals surface area contributed by atoms with Crippen LogP contribution in [-0.4, -0.2) is 20.7 Å². The normalized spacial score (nSPS) is 12.3. The van der Waals surface area contributed by atoms with Gasteiger partial charge in [-0.2, -0.15) is 13.2 Å². The first-order valence-corrected chi connectivity index (χ1v) is 5.37. The summed E-state index contributed by atoms with van der Waals surface area (Å²) in [5.41, 5.74) is 7.20. The second-order valence-corrected chi connectivity index (χ2v) is 4.27. The second kappa shape index (κ2) is 3.86. The predicted molar refractivity (Wildman–Crippen MR) is 62.2 cm³/mol. The molecule has 2 rings (SSSR count). The van der Waals surface area contributed by atoms with Crippen molar-refractivity contribution in [2.75, 3.05) is 5.73 Å². The van der Waals surface area contributed by atoms with Crippen molar-refractivity contribution in [2.45, 2.75) is 33.5 Å². The van der Waals surface area contributed by atoms with Crippen molar-refractivity contribution in [3.63, 3.8) is 0 Å². The van der Waals surface area contributed by atoms with Crippen LogP contribution < -0.4 is 5.73 Å². The van der Waals surface area contributed by atoms with Crippen LogP contribution in [0.15, 0.2) is 0 Å². The molecule has 18 heavy (non-hydrogen) atoms. The molecule has 0 aliphatic carbocycles. The monoisotopic (exact) mass is 258 g/mol. The lowest BCUT2D eigenvalue weighted by molar-refractivity contribution is -0.140. The zero-order chi connectivity index (χ0) is 13.7. The lowest BCUT2D eigenvalue weighted by Gasteiger charge is -2.11. The SMILES string of the molecule is Cc1nc(N)c2c(C)c(C)n(CC(F)(F)F)c2n1. The molecule has 0 bridgehead atoms. The number of alkyl halides is 3. The Balaban J connectivity index is 2.77. The highest BCUT2D eigenvalue weighted by atomic mass is 19.4. The van der Waals surface area contributed by atoms with E-state index in [0.29, 0.717) is 22.5 Å². The lowest BCUT2D eigenvalue weighted by atomic mass is 10.2. The van der Waals surface area contributed by atoms with Crippen molar-refractivity contribution in [1.29, 1.82) is 0 Å². The van der Waals surface area contributed by atoms with Crippen LogP contribution in [0.3, 0.4) is 0 Å². The Kier molecular flexibility index (Phi) is 2.71. The summed E-state index contributed by atoms with van der Waals surface area (Å²) >= 11 is 0. The number of nitrogens with two attached hydrogens (primary N) is 1. The van der Waals surface area contributed by atoms with Gasteiger partial charge in [0.2, 0.25) is 0 Å². The summed E-state index contributed by atoms with van der Waals surface area (Å²) in [6.45, 7) is 3.88. The van der Waals surface area contributed by atoms with Crippen LogP contribution in [0, 0.1) is 20.8 Å². The molecule has 0 saturated carbocycles. The van der Waals surface area contributed by atoms with Crippen LogP contribution in [0.5, 0.6) is 0 Å². The van der Waals surface area contributed by atoms with E-state index >= 15 is 0 Å². The Morgan fingerprint density at radius 1 is 1.17 bits per heavy atom. The van der Waals surface area contributed by atoms with E-state index in [1.807, 2.05) is 0 Å². The number of rotatable bonds is 1. The van der Waals surface area contributed by atoms with Crippen LogP contribution in [0.4, 0.5) is 19.0 Å². The zero-order valence-corrected chi connectivity index (χ0v) is 10.3. The third-order valence-electron chi connectivity index (χ3n) is 2.95. The van der Waals surface area contributed by atoms with Crippen molar-refractivity contribution in [3.05, 3.63) is 17.1 Å². The van der Waals surface area contributed by atoms with E-state index in [1.165, 1.54) is 0 Å². The van der Waals surface area contributed by atoms with Crippen molar-refractivity contribution in [3.8, 4) is 0 Å². The Labute approximate surface area is 102 Å². The second-order valence-electron chi connectivity index (χ2n) is 4.27. The molecule has 0 saturated heterocycles. The summed E-state index contributed by atoms with van der Waals surface area (Å²) < 4.78 is 38.8. The number of hydrogen-bond donors (Lipinski definition) is 1. The van der Waals surface area contributed by atoms with Gasteiger partial charge in [-0.25, -0.2) is 9.97 Å². The van der Waals surface area contributed by atoms with Crippen LogP contribution >= 0.6 is 0 Å². The van der Waals surface area contributed by atoms with E-state index in [2.05, 4.69) is 9.97 Å². The van der Waals surface area contributed by atoms with E-state index in [4.69, 9.17) is 5.73 Å². The number of fused-ring (bicyclic) bond motifs is 1. The molecule has 2 aromatic rings. The van der Waals surface area contributed by atoms with Gasteiger partial charge in [-0.15, -0.1) is 0 Å². The Hall–Kier alpha value is -1.79. The molecule has 0 spiro atoms. The zero-order valence-electron chi connectivity index (χ0n) is 10.3. The predicted octanol–water partition coefficient (Wildman–Crippen LogP) is 2.50. The smallest absolute Gasteiger partial charge is 0.383 e. The highest BCUT2D eigenvalue weighted by molar-refractivity contribution is 5.91. The van der Waals surface area contributed by atoms with Crippen molar-refractivity contribution in [1.82, 2.24) is 14.5 Å². The van der Waals surface area contributed by atoms with E-state index in [-0.39, 0.29) is 11.5 Å². The highest BCUT2D eigenvalue weighted by Crippen LogP contribution is 2.30. The summed E-state index contributed by atoms with van der Waals surface area (Å²) in [6.07, 6.45) is -4.29. The van der Waals surface area contributed by atoms with E-state index in [0.717, 1.165) is 4.57 Å². The summed E-state index contributed by atoms with van der Waals surface area (Å²) in [5, 5.41) is 0.502. The van der Waals surface area contributed by atoms with Gasteiger partial charge in [-0.1, -0.05) is 0 Å². The van der Waals surface area contributed by atoms with E-state index in [9.17, 15) is 13.2 Å². The van der Waals surface area contributed by atoms with E-state index < -0.39 is 12.7 Å². The topological polar surface area (TPSA) is 56.7 Å². The molecule has 0 aliphatic rings. The average molecular weight is 258 g/mol. The van der Waals surface area contributed by atoms with Gasteiger partial charge in [0.1, 0.15) is 23.8 Å². The molecule has 2 aromatic heterocycles. The molecule has 0 atom stereocenters. The molecule has 2 N–H and O–H groups in total.